The molecule has 0 aliphatic rings. The average molecular weight is 414 g/mol. The van der Waals surface area contributed by atoms with E-state index in [2.05, 4.69) is 125 Å². The first-order chi connectivity index (χ1) is 13.2. The molecule has 0 aliphatic carbocycles. The molecule has 0 radical (unpaired) electrons. The second-order valence-electron chi connectivity index (χ2n) is 6.50. The molecule has 4 aromatic carbocycles. The molecule has 0 N–H and O–H groups in total. The third-order valence-corrected chi connectivity index (χ3v) is 5.29. The molecule has 0 heterocycles. The van der Waals surface area contributed by atoms with Crippen LogP contribution in [0.1, 0.15) is 0 Å². The second-order valence-corrected chi connectivity index (χ2v) is 7.42. The van der Waals surface area contributed by atoms with Crippen molar-refractivity contribution in [1.82, 2.24) is 0 Å². The highest BCUT2D eigenvalue weighted by Gasteiger charge is 2.11. The first-order valence-corrected chi connectivity index (χ1v) is 9.76. The lowest BCUT2D eigenvalue weighted by Crippen LogP contribution is -2.10. The van der Waals surface area contributed by atoms with E-state index in [1.54, 1.807) is 0 Å². The smallest absolute Gasteiger partial charge is 0.0487 e. The van der Waals surface area contributed by atoms with Crippen LogP contribution in [0.15, 0.2) is 108 Å². The Balaban J connectivity index is 1.76. The van der Waals surface area contributed by atoms with Gasteiger partial charge < -0.3 is 4.90 Å². The molecule has 0 saturated carbocycles. The van der Waals surface area contributed by atoms with Crippen LogP contribution in [-0.2, 0) is 0 Å². The van der Waals surface area contributed by atoms with Gasteiger partial charge in [0.05, 0.1) is 0 Å². The molecular formula is C25H20BrN. The van der Waals surface area contributed by atoms with Crippen molar-refractivity contribution in [3.63, 3.8) is 0 Å². The van der Waals surface area contributed by atoms with Gasteiger partial charge in [0, 0.05) is 28.5 Å². The van der Waals surface area contributed by atoms with Crippen molar-refractivity contribution in [2.75, 3.05) is 11.9 Å². The van der Waals surface area contributed by atoms with E-state index in [0.29, 0.717) is 0 Å². The highest BCUT2D eigenvalue weighted by molar-refractivity contribution is 9.10. The highest BCUT2D eigenvalue weighted by atomic mass is 79.9. The Labute approximate surface area is 169 Å². The maximum atomic E-state index is 3.51. The molecule has 0 unspecified atom stereocenters. The van der Waals surface area contributed by atoms with Gasteiger partial charge in [0.1, 0.15) is 0 Å². The largest absolute Gasteiger partial charge is 0.344 e. The summed E-state index contributed by atoms with van der Waals surface area (Å²) in [6.45, 7) is 0. The summed E-state index contributed by atoms with van der Waals surface area (Å²) in [5.74, 6) is 0. The summed E-state index contributed by atoms with van der Waals surface area (Å²) in [5, 5.41) is 0. The van der Waals surface area contributed by atoms with E-state index in [4.69, 9.17) is 0 Å². The Morgan fingerprint density at radius 2 is 1.26 bits per heavy atom. The fourth-order valence-electron chi connectivity index (χ4n) is 3.31. The van der Waals surface area contributed by atoms with Crippen molar-refractivity contribution in [2.45, 2.75) is 0 Å². The van der Waals surface area contributed by atoms with Gasteiger partial charge in [-0.3, -0.25) is 0 Å². The standard InChI is InChI=1S/C25H20BrN/c1-27(23-10-3-2-4-11-23)25-13-6-5-12-24(25)21-9-7-8-20(18-21)19-14-16-22(26)17-15-19/h2-18H,1H3. The molecule has 0 fully saturated rings. The normalized spacial score (nSPS) is 10.6. The third-order valence-electron chi connectivity index (χ3n) is 4.76. The molecule has 27 heavy (non-hydrogen) atoms. The van der Waals surface area contributed by atoms with E-state index in [-0.39, 0.29) is 0 Å². The van der Waals surface area contributed by atoms with Gasteiger partial charge in [-0.05, 0) is 53.1 Å². The summed E-state index contributed by atoms with van der Waals surface area (Å²) in [5.41, 5.74) is 7.24. The van der Waals surface area contributed by atoms with Crippen LogP contribution < -0.4 is 4.90 Å². The molecule has 0 aromatic heterocycles. The SMILES string of the molecule is CN(c1ccccc1)c1ccccc1-c1cccc(-c2ccc(Br)cc2)c1. The fraction of sp³-hybridized carbons (Fsp3) is 0.0400. The molecule has 0 aliphatic heterocycles. The minimum atomic E-state index is 1.09. The summed E-state index contributed by atoms with van der Waals surface area (Å²) in [4.78, 5) is 2.24. The predicted molar refractivity (Wildman–Crippen MR) is 120 cm³/mol. The minimum absolute atomic E-state index is 1.09. The Kier molecular flexibility index (Phi) is 5.08. The van der Waals surface area contributed by atoms with Crippen LogP contribution in [0.4, 0.5) is 11.4 Å². The summed E-state index contributed by atoms with van der Waals surface area (Å²) in [6.07, 6.45) is 0. The van der Waals surface area contributed by atoms with E-state index in [0.717, 1.165) is 4.47 Å². The summed E-state index contributed by atoms with van der Waals surface area (Å²) in [6, 6.07) is 36.2. The molecule has 0 amide bonds. The zero-order chi connectivity index (χ0) is 18.6. The molecule has 1 nitrogen and oxygen atoms in total. The number of para-hydroxylation sites is 2. The second kappa shape index (κ2) is 7.81. The summed E-state index contributed by atoms with van der Waals surface area (Å²) < 4.78 is 1.09. The van der Waals surface area contributed by atoms with Crippen molar-refractivity contribution in [3.05, 3.63) is 108 Å². The Bertz CT molecular complexity index is 1040. The molecule has 0 spiro atoms. The van der Waals surface area contributed by atoms with Crippen molar-refractivity contribution in [3.8, 4) is 22.3 Å². The summed E-state index contributed by atoms with van der Waals surface area (Å²) in [7, 11) is 2.12. The monoisotopic (exact) mass is 413 g/mol. The van der Waals surface area contributed by atoms with E-state index < -0.39 is 0 Å². The zero-order valence-corrected chi connectivity index (χ0v) is 16.7. The zero-order valence-electron chi connectivity index (χ0n) is 15.1. The molecular weight excluding hydrogens is 394 g/mol. The van der Waals surface area contributed by atoms with Crippen LogP contribution in [0.3, 0.4) is 0 Å². The van der Waals surface area contributed by atoms with Crippen LogP contribution >= 0.6 is 15.9 Å². The Morgan fingerprint density at radius 3 is 2.04 bits per heavy atom. The minimum Gasteiger partial charge on any atom is -0.344 e. The Hall–Kier alpha value is -2.84. The number of rotatable bonds is 4. The van der Waals surface area contributed by atoms with E-state index in [1.165, 1.54) is 33.6 Å². The number of anilines is 2. The van der Waals surface area contributed by atoms with Crippen LogP contribution in [0.5, 0.6) is 0 Å². The van der Waals surface area contributed by atoms with Gasteiger partial charge in [0.15, 0.2) is 0 Å². The lowest BCUT2D eigenvalue weighted by atomic mass is 9.97. The number of hydrogen-bond donors (Lipinski definition) is 0. The molecule has 2 heteroatoms. The third kappa shape index (κ3) is 3.81. The van der Waals surface area contributed by atoms with Gasteiger partial charge in [-0.25, -0.2) is 0 Å². The van der Waals surface area contributed by atoms with Gasteiger partial charge in [-0.2, -0.15) is 0 Å². The van der Waals surface area contributed by atoms with Gasteiger partial charge in [-0.15, -0.1) is 0 Å². The van der Waals surface area contributed by atoms with Crippen molar-refractivity contribution in [2.24, 2.45) is 0 Å². The van der Waals surface area contributed by atoms with E-state index in [9.17, 15) is 0 Å². The number of hydrogen-bond acceptors (Lipinski definition) is 1. The number of benzene rings is 4. The Morgan fingerprint density at radius 1 is 0.593 bits per heavy atom. The van der Waals surface area contributed by atoms with Gasteiger partial charge in [-0.1, -0.05) is 82.7 Å². The summed E-state index contributed by atoms with van der Waals surface area (Å²) >= 11 is 3.51. The maximum Gasteiger partial charge on any atom is 0.0487 e. The quantitative estimate of drug-likeness (QED) is 0.333. The van der Waals surface area contributed by atoms with Crippen LogP contribution in [0.25, 0.3) is 22.3 Å². The fourth-order valence-corrected chi connectivity index (χ4v) is 3.57. The molecule has 0 saturated heterocycles. The molecule has 4 aromatic rings. The molecule has 4 rings (SSSR count). The predicted octanol–water partition coefficient (Wildman–Crippen LogP) is 7.55. The van der Waals surface area contributed by atoms with Crippen molar-refractivity contribution >= 4 is 27.3 Å². The highest BCUT2D eigenvalue weighted by Crippen LogP contribution is 2.35. The maximum absolute atomic E-state index is 3.51. The molecule has 132 valence electrons. The van der Waals surface area contributed by atoms with Gasteiger partial charge >= 0.3 is 0 Å². The lowest BCUT2D eigenvalue weighted by Gasteiger charge is -2.23. The van der Waals surface area contributed by atoms with Crippen LogP contribution in [0, 0.1) is 0 Å². The topological polar surface area (TPSA) is 3.24 Å². The van der Waals surface area contributed by atoms with Crippen molar-refractivity contribution < 1.29 is 0 Å². The molecule has 0 atom stereocenters. The first-order valence-electron chi connectivity index (χ1n) is 8.96. The van der Waals surface area contributed by atoms with Gasteiger partial charge in [0.2, 0.25) is 0 Å². The first kappa shape index (κ1) is 17.6. The van der Waals surface area contributed by atoms with Crippen molar-refractivity contribution in [1.29, 1.82) is 0 Å². The number of halogens is 1. The lowest BCUT2D eigenvalue weighted by molar-refractivity contribution is 1.21. The van der Waals surface area contributed by atoms with Crippen LogP contribution in [-0.4, -0.2) is 7.05 Å². The van der Waals surface area contributed by atoms with Crippen LogP contribution in [0.2, 0.25) is 0 Å². The average Bonchev–Trinajstić information content (AvgIpc) is 2.74. The van der Waals surface area contributed by atoms with E-state index in [1.807, 2.05) is 6.07 Å². The molecule has 0 bridgehead atoms. The van der Waals surface area contributed by atoms with E-state index >= 15 is 0 Å². The van der Waals surface area contributed by atoms with Gasteiger partial charge in [0.25, 0.3) is 0 Å². The number of nitrogens with zero attached hydrogens (tertiary/aromatic N) is 1.